The Kier molecular flexibility index (Phi) is 45.3. The quantitative estimate of drug-likeness (QED) is 0.0265. The fraction of sp³-hybridized carbons (Fsp3) is 0.456. The molecule has 63 heavy (non-hydrogen) atoms. The van der Waals surface area contributed by atoms with Crippen molar-refractivity contribution in [3.8, 4) is 0 Å². The Bertz CT molecular complexity index is 1550. The molecule has 0 radical (unpaired) electrons. The van der Waals surface area contributed by atoms with E-state index in [1.165, 1.54) is 0 Å². The molecule has 0 spiro atoms. The SMILES string of the molecule is CC/C=C\C/C=C\C/C=C\C/C=C\C/C=C\C/C=C\CCC(=O)OCC(COC(=O)C/C=C\C/C=C\C/C=C\CC)OC(=O)CCC/C=C\C/C=C\C/C=C\C/C=C\C/C=C\CC. The van der Waals surface area contributed by atoms with Crippen molar-refractivity contribution in [1.29, 1.82) is 0 Å². The van der Waals surface area contributed by atoms with E-state index < -0.39 is 24.0 Å². The van der Waals surface area contributed by atoms with Gasteiger partial charge in [-0.3, -0.25) is 14.4 Å². The molecule has 0 aliphatic heterocycles. The number of unbranched alkanes of at least 4 members (excludes halogenated alkanes) is 1. The number of hydrogen-bond donors (Lipinski definition) is 0. The van der Waals surface area contributed by atoms with Crippen molar-refractivity contribution in [1.82, 2.24) is 0 Å². The molecule has 0 bridgehead atoms. The summed E-state index contributed by atoms with van der Waals surface area (Å²) in [7, 11) is 0. The van der Waals surface area contributed by atoms with E-state index in [-0.39, 0.29) is 32.5 Å². The predicted molar refractivity (Wildman–Crippen MR) is 269 cm³/mol. The van der Waals surface area contributed by atoms with Crippen molar-refractivity contribution in [2.24, 2.45) is 0 Å². The Morgan fingerprint density at radius 2 is 0.635 bits per heavy atom. The number of carbonyl (C=O) groups excluding carboxylic acids is 3. The lowest BCUT2D eigenvalue weighted by atomic mass is 10.2. The third-order valence-electron chi connectivity index (χ3n) is 8.74. The Morgan fingerprint density at radius 1 is 0.333 bits per heavy atom. The molecule has 0 aliphatic rings. The summed E-state index contributed by atoms with van der Waals surface area (Å²) in [6.07, 6.45) is 73.9. The molecule has 0 heterocycles. The Balaban J connectivity index is 4.66. The molecule has 6 heteroatoms. The molecule has 1 unspecified atom stereocenters. The molecule has 0 aromatic rings. The van der Waals surface area contributed by atoms with E-state index >= 15 is 0 Å². The maximum atomic E-state index is 12.7. The van der Waals surface area contributed by atoms with Gasteiger partial charge < -0.3 is 14.2 Å². The van der Waals surface area contributed by atoms with E-state index in [1.54, 1.807) is 6.08 Å². The molecule has 0 saturated carbocycles. The number of ether oxygens (including phenoxy) is 3. The minimum Gasteiger partial charge on any atom is -0.462 e. The third-order valence-corrected chi connectivity index (χ3v) is 8.74. The molecule has 0 fully saturated rings. The summed E-state index contributed by atoms with van der Waals surface area (Å²) >= 11 is 0. The van der Waals surface area contributed by atoms with E-state index in [2.05, 4.69) is 167 Å². The minimum atomic E-state index is -0.881. The van der Waals surface area contributed by atoms with Crippen LogP contribution in [0.25, 0.3) is 0 Å². The van der Waals surface area contributed by atoms with Crippen molar-refractivity contribution in [3.05, 3.63) is 170 Å². The van der Waals surface area contributed by atoms with Gasteiger partial charge in [0.2, 0.25) is 0 Å². The summed E-state index contributed by atoms with van der Waals surface area (Å²) in [4.78, 5) is 37.7. The van der Waals surface area contributed by atoms with Gasteiger partial charge in [-0.2, -0.15) is 0 Å². The van der Waals surface area contributed by atoms with Gasteiger partial charge in [0.05, 0.1) is 6.42 Å². The third kappa shape index (κ3) is 47.7. The molecular formula is C57H82O6. The maximum Gasteiger partial charge on any atom is 0.309 e. The lowest BCUT2D eigenvalue weighted by Gasteiger charge is -2.18. The van der Waals surface area contributed by atoms with Crippen molar-refractivity contribution in [3.63, 3.8) is 0 Å². The van der Waals surface area contributed by atoms with Crippen molar-refractivity contribution in [2.75, 3.05) is 13.2 Å². The Hall–Kier alpha value is -5.23. The van der Waals surface area contributed by atoms with Crippen molar-refractivity contribution in [2.45, 2.75) is 155 Å². The van der Waals surface area contributed by atoms with Crippen molar-refractivity contribution >= 4 is 17.9 Å². The fourth-order valence-electron chi connectivity index (χ4n) is 5.33. The first kappa shape index (κ1) is 57.8. The van der Waals surface area contributed by atoms with Crippen LogP contribution in [0, 0.1) is 0 Å². The molecule has 0 N–H and O–H groups in total. The minimum absolute atomic E-state index is 0.100. The second-order valence-electron chi connectivity index (χ2n) is 14.5. The summed E-state index contributed by atoms with van der Waals surface area (Å²) in [5.74, 6) is -1.26. The van der Waals surface area contributed by atoms with Crippen molar-refractivity contribution < 1.29 is 28.6 Å². The molecule has 0 aromatic heterocycles. The average molecular weight is 863 g/mol. The topological polar surface area (TPSA) is 78.9 Å². The van der Waals surface area contributed by atoms with Crippen LogP contribution in [0.5, 0.6) is 0 Å². The van der Waals surface area contributed by atoms with E-state index in [0.717, 1.165) is 96.3 Å². The van der Waals surface area contributed by atoms with E-state index in [1.807, 2.05) is 18.2 Å². The largest absolute Gasteiger partial charge is 0.462 e. The highest BCUT2D eigenvalue weighted by molar-refractivity contribution is 5.72. The molecule has 0 aromatic carbocycles. The van der Waals surface area contributed by atoms with Gasteiger partial charge >= 0.3 is 17.9 Å². The van der Waals surface area contributed by atoms with Gasteiger partial charge in [-0.15, -0.1) is 0 Å². The Morgan fingerprint density at radius 3 is 1.00 bits per heavy atom. The summed E-state index contributed by atoms with van der Waals surface area (Å²) in [5, 5.41) is 0. The zero-order valence-electron chi connectivity index (χ0n) is 39.2. The second-order valence-corrected chi connectivity index (χ2v) is 14.5. The van der Waals surface area contributed by atoms with E-state index in [9.17, 15) is 14.4 Å². The van der Waals surface area contributed by atoms with Crippen LogP contribution in [0.4, 0.5) is 0 Å². The summed E-state index contributed by atoms with van der Waals surface area (Å²) in [6.45, 7) is 6.03. The molecule has 346 valence electrons. The number of allylic oxidation sites excluding steroid dienone is 27. The van der Waals surface area contributed by atoms with Gasteiger partial charge in [0.15, 0.2) is 6.10 Å². The number of rotatable bonds is 39. The van der Waals surface area contributed by atoms with Crippen LogP contribution in [0.1, 0.15) is 149 Å². The fourth-order valence-corrected chi connectivity index (χ4v) is 5.33. The first-order valence-electron chi connectivity index (χ1n) is 23.6. The normalized spacial score (nSPS) is 13.6. The van der Waals surface area contributed by atoms with Gasteiger partial charge in [0.25, 0.3) is 0 Å². The standard InChI is InChI=1S/C57H82O6/c1-4-7-10-13-16-19-21-23-25-27-28-30-31-33-35-38-41-44-47-50-56(59)62-53-54(52-61-55(58)49-46-43-40-37-18-15-12-9-6-3)63-57(60)51-48-45-42-39-36-34-32-29-26-24-22-20-17-14-11-8-5-2/h7-12,16-20,23-26,28,30,32-35,37,39,41-44,46,54H,4-6,13-15,21-22,27,29,31,36,38,40,45,47-53H2,1-3H3/b10-7-,11-8-,12-9-,19-16-,20-17-,25-23-,26-24-,30-28-,34-32-,35-33-,37-18-,42-39-,44-41-,46-43-. The zero-order chi connectivity index (χ0) is 45.8. The first-order valence-corrected chi connectivity index (χ1v) is 23.6. The van der Waals surface area contributed by atoms with Gasteiger partial charge in [0, 0.05) is 12.8 Å². The van der Waals surface area contributed by atoms with Gasteiger partial charge in [-0.25, -0.2) is 0 Å². The highest BCUT2D eigenvalue weighted by Gasteiger charge is 2.19. The second kappa shape index (κ2) is 49.4. The summed E-state index contributed by atoms with van der Waals surface area (Å²) in [5.41, 5.74) is 0. The van der Waals surface area contributed by atoms with Gasteiger partial charge in [-0.05, 0) is 109 Å². The lowest BCUT2D eigenvalue weighted by molar-refractivity contribution is -0.166. The molecule has 0 aliphatic carbocycles. The van der Waals surface area contributed by atoms with Crippen LogP contribution in [0.2, 0.25) is 0 Å². The van der Waals surface area contributed by atoms with Gasteiger partial charge in [-0.1, -0.05) is 191 Å². The van der Waals surface area contributed by atoms with E-state index in [4.69, 9.17) is 14.2 Å². The lowest BCUT2D eigenvalue weighted by Crippen LogP contribution is -2.30. The average Bonchev–Trinajstić information content (AvgIpc) is 3.28. The zero-order valence-corrected chi connectivity index (χ0v) is 39.2. The molecule has 0 rings (SSSR count). The Labute approximate surface area is 383 Å². The molecule has 0 saturated heterocycles. The maximum absolute atomic E-state index is 12.7. The predicted octanol–water partition coefficient (Wildman–Crippen LogP) is 15.6. The molecular weight excluding hydrogens is 781 g/mol. The number of esters is 3. The first-order chi connectivity index (χ1) is 31.0. The van der Waals surface area contributed by atoms with Crippen LogP contribution in [-0.2, 0) is 28.6 Å². The number of hydrogen-bond acceptors (Lipinski definition) is 6. The molecule has 6 nitrogen and oxygen atoms in total. The number of carbonyl (C=O) groups is 3. The molecule has 0 amide bonds. The highest BCUT2D eigenvalue weighted by atomic mass is 16.6. The summed E-state index contributed by atoms with van der Waals surface area (Å²) < 4.78 is 16.5. The molecule has 1 atom stereocenters. The van der Waals surface area contributed by atoms with Crippen LogP contribution in [0.15, 0.2) is 170 Å². The van der Waals surface area contributed by atoms with Crippen LogP contribution in [-0.4, -0.2) is 37.2 Å². The van der Waals surface area contributed by atoms with Gasteiger partial charge in [0.1, 0.15) is 13.2 Å². The van der Waals surface area contributed by atoms with Crippen LogP contribution in [0.3, 0.4) is 0 Å². The van der Waals surface area contributed by atoms with E-state index in [0.29, 0.717) is 12.8 Å². The summed E-state index contributed by atoms with van der Waals surface area (Å²) in [6, 6.07) is 0. The monoisotopic (exact) mass is 863 g/mol. The smallest absolute Gasteiger partial charge is 0.309 e. The van der Waals surface area contributed by atoms with Crippen LogP contribution >= 0.6 is 0 Å². The van der Waals surface area contributed by atoms with Crippen LogP contribution < -0.4 is 0 Å². The highest BCUT2D eigenvalue weighted by Crippen LogP contribution is 2.07.